The maximum absolute atomic E-state index is 5.87. The van der Waals surface area contributed by atoms with Crippen LogP contribution < -0.4 is 10.6 Å². The first-order chi connectivity index (χ1) is 8.61. The molecule has 0 saturated carbocycles. The average molecular weight is 262 g/mol. The van der Waals surface area contributed by atoms with Crippen LogP contribution in [0.2, 0.25) is 0 Å². The van der Waals surface area contributed by atoms with Crippen molar-refractivity contribution < 1.29 is 0 Å². The molecule has 96 valence electrons. The van der Waals surface area contributed by atoms with Gasteiger partial charge in [0.2, 0.25) is 0 Å². The lowest BCUT2D eigenvalue weighted by atomic mass is 9.90. The number of fused-ring (bicyclic) bond motifs is 1. The Bertz CT molecular complexity index is 579. The molecular formula is C13H18N4S. The number of nitrogens with two attached hydrogens (primary N) is 1. The normalized spacial score (nSPS) is 24.1. The third-order valence-corrected chi connectivity index (χ3v) is 4.74. The van der Waals surface area contributed by atoms with Gasteiger partial charge in [0.1, 0.15) is 17.0 Å². The number of nitrogens with zero attached hydrogens (tertiary/aromatic N) is 3. The van der Waals surface area contributed by atoms with E-state index >= 15 is 0 Å². The van der Waals surface area contributed by atoms with Gasteiger partial charge >= 0.3 is 0 Å². The highest BCUT2D eigenvalue weighted by atomic mass is 32.1. The monoisotopic (exact) mass is 262 g/mol. The van der Waals surface area contributed by atoms with E-state index in [4.69, 9.17) is 5.73 Å². The molecule has 1 fully saturated rings. The third kappa shape index (κ3) is 1.87. The molecule has 0 bridgehead atoms. The van der Waals surface area contributed by atoms with Crippen molar-refractivity contribution in [2.75, 3.05) is 24.5 Å². The zero-order valence-electron chi connectivity index (χ0n) is 10.8. The third-order valence-electron chi connectivity index (χ3n) is 3.78. The summed E-state index contributed by atoms with van der Waals surface area (Å²) in [5.74, 6) is 1.07. The van der Waals surface area contributed by atoms with E-state index in [1.54, 1.807) is 17.7 Å². The van der Waals surface area contributed by atoms with Gasteiger partial charge in [-0.3, -0.25) is 0 Å². The molecule has 3 heterocycles. The molecule has 0 radical (unpaired) electrons. The first-order valence-corrected chi connectivity index (χ1v) is 7.09. The molecule has 4 nitrogen and oxygen atoms in total. The molecule has 3 rings (SSSR count). The van der Waals surface area contributed by atoms with Crippen LogP contribution in [0, 0.1) is 12.3 Å². The topological polar surface area (TPSA) is 55.0 Å². The van der Waals surface area contributed by atoms with Crippen LogP contribution in [0.4, 0.5) is 5.82 Å². The second-order valence-electron chi connectivity index (χ2n) is 5.46. The molecule has 2 N–H and O–H groups in total. The lowest BCUT2D eigenvalue weighted by molar-refractivity contribution is 0.383. The molecule has 1 unspecified atom stereocenters. The van der Waals surface area contributed by atoms with Gasteiger partial charge in [0.05, 0.1) is 5.39 Å². The summed E-state index contributed by atoms with van der Waals surface area (Å²) >= 11 is 1.73. The summed E-state index contributed by atoms with van der Waals surface area (Å²) in [7, 11) is 0. The number of aryl methyl sites for hydroxylation is 1. The van der Waals surface area contributed by atoms with Crippen molar-refractivity contribution in [2.45, 2.75) is 20.3 Å². The summed E-state index contributed by atoms with van der Waals surface area (Å²) in [5.41, 5.74) is 6.09. The SMILES string of the molecule is Cc1cc2c(N3CCC(C)(CN)C3)ncnc2s1. The average Bonchev–Trinajstić information content (AvgIpc) is 2.91. The van der Waals surface area contributed by atoms with Gasteiger partial charge in [0, 0.05) is 18.0 Å². The first-order valence-electron chi connectivity index (χ1n) is 6.27. The second-order valence-corrected chi connectivity index (χ2v) is 6.69. The highest BCUT2D eigenvalue weighted by molar-refractivity contribution is 7.18. The Labute approximate surface area is 111 Å². The zero-order chi connectivity index (χ0) is 12.8. The van der Waals surface area contributed by atoms with Crippen LogP contribution in [0.1, 0.15) is 18.2 Å². The maximum atomic E-state index is 5.87. The summed E-state index contributed by atoms with van der Waals surface area (Å²) in [4.78, 5) is 13.5. The van der Waals surface area contributed by atoms with E-state index in [1.807, 2.05) is 0 Å². The van der Waals surface area contributed by atoms with Crippen LogP contribution in [-0.4, -0.2) is 29.6 Å². The molecule has 0 spiro atoms. The summed E-state index contributed by atoms with van der Waals surface area (Å²) < 4.78 is 0. The predicted octanol–water partition coefficient (Wildman–Crippen LogP) is 2.17. The van der Waals surface area contributed by atoms with Crippen molar-refractivity contribution in [3.8, 4) is 0 Å². The molecule has 2 aromatic rings. The van der Waals surface area contributed by atoms with Crippen LogP contribution in [-0.2, 0) is 0 Å². The Balaban J connectivity index is 2.00. The van der Waals surface area contributed by atoms with Crippen LogP contribution >= 0.6 is 11.3 Å². The van der Waals surface area contributed by atoms with Gasteiger partial charge in [-0.2, -0.15) is 0 Å². The Hall–Kier alpha value is -1.20. The number of hydrogen-bond donors (Lipinski definition) is 1. The van der Waals surface area contributed by atoms with Crippen molar-refractivity contribution in [3.05, 3.63) is 17.3 Å². The Morgan fingerprint density at radius 1 is 1.50 bits per heavy atom. The highest BCUT2D eigenvalue weighted by Crippen LogP contribution is 2.36. The van der Waals surface area contributed by atoms with Gasteiger partial charge in [-0.1, -0.05) is 6.92 Å². The fourth-order valence-corrected chi connectivity index (χ4v) is 3.43. The van der Waals surface area contributed by atoms with Gasteiger partial charge < -0.3 is 10.6 Å². The molecule has 1 aliphatic heterocycles. The van der Waals surface area contributed by atoms with Crippen molar-refractivity contribution in [3.63, 3.8) is 0 Å². The minimum atomic E-state index is 0.225. The zero-order valence-corrected chi connectivity index (χ0v) is 11.6. The summed E-state index contributed by atoms with van der Waals surface area (Å²) in [5, 5.41) is 1.18. The minimum Gasteiger partial charge on any atom is -0.355 e. The quantitative estimate of drug-likeness (QED) is 0.901. The van der Waals surface area contributed by atoms with E-state index in [0.717, 1.165) is 36.7 Å². The number of hydrogen-bond acceptors (Lipinski definition) is 5. The molecule has 18 heavy (non-hydrogen) atoms. The fraction of sp³-hybridized carbons (Fsp3) is 0.538. The lowest BCUT2D eigenvalue weighted by Crippen LogP contribution is -2.31. The second kappa shape index (κ2) is 4.17. The standard InChI is InChI=1S/C13H18N4S/c1-9-5-10-11(15-8-16-12(10)18-9)17-4-3-13(2,6-14)7-17/h5,8H,3-4,6-7,14H2,1-2H3. The Morgan fingerprint density at radius 3 is 3.06 bits per heavy atom. The number of thiophene rings is 1. The summed E-state index contributed by atoms with van der Waals surface area (Å²) in [6.07, 6.45) is 2.81. The maximum Gasteiger partial charge on any atom is 0.140 e. The Kier molecular flexibility index (Phi) is 2.75. The lowest BCUT2D eigenvalue weighted by Gasteiger charge is -2.23. The summed E-state index contributed by atoms with van der Waals surface area (Å²) in [6.45, 7) is 7.13. The van der Waals surface area contributed by atoms with Crippen molar-refractivity contribution in [1.29, 1.82) is 0 Å². The van der Waals surface area contributed by atoms with Crippen LogP contribution in [0.3, 0.4) is 0 Å². The van der Waals surface area contributed by atoms with Crippen LogP contribution in [0.15, 0.2) is 12.4 Å². The van der Waals surface area contributed by atoms with Gasteiger partial charge in [-0.15, -0.1) is 11.3 Å². The number of rotatable bonds is 2. The summed E-state index contributed by atoms with van der Waals surface area (Å²) in [6, 6.07) is 2.19. The largest absolute Gasteiger partial charge is 0.355 e. The smallest absolute Gasteiger partial charge is 0.140 e. The van der Waals surface area contributed by atoms with E-state index in [-0.39, 0.29) is 5.41 Å². The predicted molar refractivity (Wildman–Crippen MR) is 76.1 cm³/mol. The van der Waals surface area contributed by atoms with Gasteiger partial charge in [0.15, 0.2) is 0 Å². The molecular weight excluding hydrogens is 244 g/mol. The fourth-order valence-electron chi connectivity index (χ4n) is 2.59. The van der Waals surface area contributed by atoms with Crippen molar-refractivity contribution in [1.82, 2.24) is 9.97 Å². The molecule has 1 atom stereocenters. The minimum absolute atomic E-state index is 0.225. The number of anilines is 1. The Morgan fingerprint density at radius 2 is 2.33 bits per heavy atom. The van der Waals surface area contributed by atoms with Gasteiger partial charge in [0.25, 0.3) is 0 Å². The molecule has 0 aromatic carbocycles. The molecule has 1 saturated heterocycles. The van der Waals surface area contributed by atoms with E-state index in [9.17, 15) is 0 Å². The van der Waals surface area contributed by atoms with E-state index in [0.29, 0.717) is 0 Å². The van der Waals surface area contributed by atoms with Gasteiger partial charge in [-0.05, 0) is 31.4 Å². The van der Waals surface area contributed by atoms with Crippen molar-refractivity contribution in [2.24, 2.45) is 11.1 Å². The molecule has 0 aliphatic carbocycles. The molecule has 1 aliphatic rings. The van der Waals surface area contributed by atoms with E-state index in [1.165, 1.54) is 10.3 Å². The molecule has 0 amide bonds. The number of aromatic nitrogens is 2. The van der Waals surface area contributed by atoms with E-state index < -0.39 is 0 Å². The molecule has 5 heteroatoms. The van der Waals surface area contributed by atoms with Crippen LogP contribution in [0.5, 0.6) is 0 Å². The van der Waals surface area contributed by atoms with Crippen LogP contribution in [0.25, 0.3) is 10.2 Å². The highest BCUT2D eigenvalue weighted by Gasteiger charge is 2.33. The molecule has 2 aromatic heterocycles. The first kappa shape index (κ1) is 11.9. The van der Waals surface area contributed by atoms with E-state index in [2.05, 4.69) is 34.8 Å². The van der Waals surface area contributed by atoms with Gasteiger partial charge in [-0.25, -0.2) is 9.97 Å². The van der Waals surface area contributed by atoms with Crippen molar-refractivity contribution >= 4 is 27.4 Å².